The molecular formula is C14H9F2N3OS. The molecule has 3 aromatic rings. The number of carbonyl (C=O) groups excluding carboxylic acids is 1. The lowest BCUT2D eigenvalue weighted by molar-refractivity contribution is 0.103. The van der Waals surface area contributed by atoms with Crippen LogP contribution >= 0.6 is 11.3 Å². The normalized spacial score (nSPS) is 10.8. The van der Waals surface area contributed by atoms with Crippen molar-refractivity contribution in [2.75, 3.05) is 11.1 Å². The van der Waals surface area contributed by atoms with Crippen LogP contribution in [0.1, 0.15) is 9.67 Å². The Balaban J connectivity index is 1.97. The van der Waals surface area contributed by atoms with Gasteiger partial charge in [0.2, 0.25) is 0 Å². The van der Waals surface area contributed by atoms with Gasteiger partial charge in [0.05, 0.1) is 16.1 Å². The highest BCUT2D eigenvalue weighted by molar-refractivity contribution is 7.21. The quantitative estimate of drug-likeness (QED) is 0.762. The van der Waals surface area contributed by atoms with E-state index in [4.69, 9.17) is 5.73 Å². The topological polar surface area (TPSA) is 68.0 Å². The highest BCUT2D eigenvalue weighted by Gasteiger charge is 2.18. The Hall–Kier alpha value is -2.54. The van der Waals surface area contributed by atoms with E-state index in [-0.39, 0.29) is 10.6 Å². The first-order valence-corrected chi connectivity index (χ1v) is 6.77. The van der Waals surface area contributed by atoms with Crippen molar-refractivity contribution in [2.24, 2.45) is 0 Å². The molecule has 2 heterocycles. The van der Waals surface area contributed by atoms with Crippen molar-refractivity contribution < 1.29 is 13.6 Å². The number of nitrogens with one attached hydrogen (secondary N) is 1. The molecule has 0 spiro atoms. The number of pyridine rings is 1. The van der Waals surface area contributed by atoms with E-state index in [1.165, 1.54) is 12.1 Å². The molecule has 0 saturated heterocycles. The summed E-state index contributed by atoms with van der Waals surface area (Å²) in [7, 11) is 0. The van der Waals surface area contributed by atoms with Crippen LogP contribution in [0, 0.1) is 11.6 Å². The maximum atomic E-state index is 13.6. The molecular weight excluding hydrogens is 296 g/mol. The zero-order valence-corrected chi connectivity index (χ0v) is 11.4. The van der Waals surface area contributed by atoms with Gasteiger partial charge < -0.3 is 11.1 Å². The van der Waals surface area contributed by atoms with Gasteiger partial charge in [-0.15, -0.1) is 11.3 Å². The van der Waals surface area contributed by atoms with E-state index in [9.17, 15) is 13.6 Å². The molecule has 0 aliphatic heterocycles. The van der Waals surface area contributed by atoms with Crippen LogP contribution in [0.25, 0.3) is 10.1 Å². The van der Waals surface area contributed by atoms with Crippen LogP contribution in [0.5, 0.6) is 0 Å². The van der Waals surface area contributed by atoms with Gasteiger partial charge in [0.15, 0.2) is 11.6 Å². The van der Waals surface area contributed by atoms with Crippen molar-refractivity contribution in [1.29, 1.82) is 0 Å². The summed E-state index contributed by atoms with van der Waals surface area (Å²) in [5.41, 5.74) is 5.99. The van der Waals surface area contributed by atoms with Crippen molar-refractivity contribution in [3.63, 3.8) is 0 Å². The van der Waals surface area contributed by atoms with E-state index in [1.807, 2.05) is 0 Å². The number of halogens is 2. The van der Waals surface area contributed by atoms with Crippen LogP contribution in [0.2, 0.25) is 0 Å². The number of hydrogen-bond acceptors (Lipinski definition) is 4. The van der Waals surface area contributed by atoms with Crippen LogP contribution in [0.15, 0.2) is 36.7 Å². The Morgan fingerprint density at radius 1 is 1.29 bits per heavy atom. The number of aromatic nitrogens is 1. The summed E-state index contributed by atoms with van der Waals surface area (Å²) in [6.45, 7) is 0. The van der Waals surface area contributed by atoms with Crippen LogP contribution in [-0.4, -0.2) is 10.9 Å². The summed E-state index contributed by atoms with van der Waals surface area (Å²) < 4.78 is 27.4. The number of benzene rings is 1. The van der Waals surface area contributed by atoms with Crippen molar-refractivity contribution in [3.8, 4) is 0 Å². The lowest BCUT2D eigenvalue weighted by atomic mass is 10.2. The van der Waals surface area contributed by atoms with Gasteiger partial charge in [-0.2, -0.15) is 0 Å². The van der Waals surface area contributed by atoms with Gasteiger partial charge in [0.25, 0.3) is 5.91 Å². The molecule has 21 heavy (non-hydrogen) atoms. The minimum Gasteiger partial charge on any atom is -0.397 e. The molecule has 0 unspecified atom stereocenters. The van der Waals surface area contributed by atoms with Gasteiger partial charge in [0, 0.05) is 17.8 Å². The smallest absolute Gasteiger partial charge is 0.267 e. The molecule has 3 rings (SSSR count). The van der Waals surface area contributed by atoms with E-state index in [1.54, 1.807) is 18.5 Å². The molecule has 0 bridgehead atoms. The van der Waals surface area contributed by atoms with E-state index < -0.39 is 17.5 Å². The van der Waals surface area contributed by atoms with E-state index in [2.05, 4.69) is 10.3 Å². The van der Waals surface area contributed by atoms with E-state index >= 15 is 0 Å². The number of rotatable bonds is 2. The molecule has 4 nitrogen and oxygen atoms in total. The number of carbonyl (C=O) groups is 1. The summed E-state index contributed by atoms with van der Waals surface area (Å²) in [4.78, 5) is 16.4. The van der Waals surface area contributed by atoms with Gasteiger partial charge in [-0.3, -0.25) is 9.78 Å². The summed E-state index contributed by atoms with van der Waals surface area (Å²) >= 11 is 1.15. The summed E-state index contributed by atoms with van der Waals surface area (Å²) in [6, 6.07) is 5.26. The molecule has 0 saturated carbocycles. The third-order valence-electron chi connectivity index (χ3n) is 2.94. The number of nitrogens with zero attached hydrogens (tertiary/aromatic N) is 1. The fraction of sp³-hybridized carbons (Fsp3) is 0. The molecule has 3 N–H and O–H groups in total. The second kappa shape index (κ2) is 5.10. The van der Waals surface area contributed by atoms with Gasteiger partial charge in [-0.1, -0.05) is 6.07 Å². The first kappa shape index (κ1) is 13.4. The highest BCUT2D eigenvalue weighted by atomic mass is 32.1. The average molecular weight is 305 g/mol. The Bertz CT molecular complexity index is 847. The molecule has 1 amide bonds. The lowest BCUT2D eigenvalue weighted by Gasteiger charge is -2.06. The van der Waals surface area contributed by atoms with Crippen LogP contribution in [0.4, 0.5) is 20.2 Å². The molecule has 0 radical (unpaired) electrons. The van der Waals surface area contributed by atoms with Crippen LogP contribution in [-0.2, 0) is 0 Å². The third kappa shape index (κ3) is 2.31. The number of hydrogen-bond donors (Lipinski definition) is 2. The first-order chi connectivity index (χ1) is 10.1. The first-order valence-electron chi connectivity index (χ1n) is 5.95. The highest BCUT2D eigenvalue weighted by Crippen LogP contribution is 2.33. The predicted molar refractivity (Wildman–Crippen MR) is 78.3 cm³/mol. The Morgan fingerprint density at radius 3 is 2.86 bits per heavy atom. The molecule has 0 atom stereocenters. The number of thiophene rings is 1. The molecule has 106 valence electrons. The predicted octanol–water partition coefficient (Wildman–Crippen LogP) is 3.41. The van der Waals surface area contributed by atoms with Gasteiger partial charge in [-0.25, -0.2) is 8.78 Å². The summed E-state index contributed by atoms with van der Waals surface area (Å²) in [5, 5.41) is 3.03. The molecule has 1 aromatic carbocycles. The van der Waals surface area contributed by atoms with Crippen LogP contribution in [0.3, 0.4) is 0 Å². The fourth-order valence-electron chi connectivity index (χ4n) is 1.92. The lowest BCUT2D eigenvalue weighted by Crippen LogP contribution is -2.13. The SMILES string of the molecule is Nc1c(C(=O)Nc2cccc(F)c2F)sc2cnccc12. The number of amides is 1. The van der Waals surface area contributed by atoms with Gasteiger partial charge in [0.1, 0.15) is 4.88 Å². The minimum absolute atomic E-state index is 0.227. The standard InChI is InChI=1S/C14H9F2N3OS/c15-8-2-1-3-9(11(8)16)19-14(20)13-12(17)7-4-5-18-6-10(7)21-13/h1-6H,17H2,(H,19,20). The second-order valence-corrected chi connectivity index (χ2v) is 5.32. The zero-order valence-electron chi connectivity index (χ0n) is 10.6. The molecule has 2 aromatic heterocycles. The number of nitrogens with two attached hydrogens (primary N) is 1. The van der Waals surface area contributed by atoms with Crippen molar-refractivity contribution in [2.45, 2.75) is 0 Å². The summed E-state index contributed by atoms with van der Waals surface area (Å²) in [6.07, 6.45) is 3.16. The van der Waals surface area contributed by atoms with E-state index in [0.717, 1.165) is 22.1 Å². The van der Waals surface area contributed by atoms with Crippen molar-refractivity contribution in [3.05, 3.63) is 53.2 Å². The molecule has 7 heteroatoms. The van der Waals surface area contributed by atoms with E-state index in [0.29, 0.717) is 11.1 Å². The monoisotopic (exact) mass is 305 g/mol. The van der Waals surface area contributed by atoms with Crippen LogP contribution < -0.4 is 11.1 Å². The Kier molecular flexibility index (Phi) is 3.26. The maximum absolute atomic E-state index is 13.6. The Labute approximate surface area is 122 Å². The number of nitrogen functional groups attached to an aromatic ring is 1. The fourth-order valence-corrected chi connectivity index (χ4v) is 2.90. The largest absolute Gasteiger partial charge is 0.397 e. The summed E-state index contributed by atoms with van der Waals surface area (Å²) in [5.74, 6) is -2.72. The number of anilines is 2. The van der Waals surface area contributed by atoms with Gasteiger partial charge in [-0.05, 0) is 18.2 Å². The van der Waals surface area contributed by atoms with Crippen molar-refractivity contribution in [1.82, 2.24) is 4.98 Å². The van der Waals surface area contributed by atoms with Crippen molar-refractivity contribution >= 4 is 38.7 Å². The second-order valence-electron chi connectivity index (χ2n) is 4.27. The minimum atomic E-state index is -1.10. The molecule has 0 fully saturated rings. The average Bonchev–Trinajstić information content (AvgIpc) is 2.82. The third-order valence-corrected chi connectivity index (χ3v) is 4.09. The Morgan fingerprint density at radius 2 is 2.10 bits per heavy atom. The van der Waals surface area contributed by atoms with Gasteiger partial charge >= 0.3 is 0 Å². The zero-order chi connectivity index (χ0) is 15.0. The molecule has 0 aliphatic carbocycles. The maximum Gasteiger partial charge on any atom is 0.267 e. The number of fused-ring (bicyclic) bond motifs is 1. The molecule has 0 aliphatic rings.